The predicted octanol–water partition coefficient (Wildman–Crippen LogP) is 5.30. The summed E-state index contributed by atoms with van der Waals surface area (Å²) < 4.78 is 0. The van der Waals surface area contributed by atoms with E-state index in [0.717, 1.165) is 11.8 Å². The Morgan fingerprint density at radius 3 is 1.24 bits per heavy atom. The SMILES string of the molecule is C1CCC(CC2CCCCC2)CC1.[B].[CH3-].[CH3-].[HH].[Y]. The van der Waals surface area contributed by atoms with Gasteiger partial charge in [0.2, 0.25) is 0 Å². The molecular weight excluding hydrogens is 280 g/mol. The van der Waals surface area contributed by atoms with E-state index in [4.69, 9.17) is 0 Å². The van der Waals surface area contributed by atoms with Gasteiger partial charge in [-0.25, -0.2) is 0 Å². The standard InChI is InChI=1S/C13H24.2CH3.B.Y.H2/c1-3-7-12(8-4-1)11-13-9-5-2-6-10-13;;;;;/h12-13H,1-11H2;2*1H3;;;1H/q;2*-1;;;. The van der Waals surface area contributed by atoms with E-state index in [9.17, 15) is 0 Å². The molecule has 0 aromatic carbocycles. The van der Waals surface area contributed by atoms with Crippen molar-refractivity contribution in [3.8, 4) is 0 Å². The summed E-state index contributed by atoms with van der Waals surface area (Å²) >= 11 is 0. The quantitative estimate of drug-likeness (QED) is 0.479. The van der Waals surface area contributed by atoms with Gasteiger partial charge in [-0.3, -0.25) is 0 Å². The van der Waals surface area contributed by atoms with Gasteiger partial charge in [-0.15, -0.1) is 0 Å². The van der Waals surface area contributed by atoms with Crippen molar-refractivity contribution in [2.45, 2.75) is 70.6 Å². The van der Waals surface area contributed by atoms with Crippen LogP contribution in [0.5, 0.6) is 0 Å². The minimum Gasteiger partial charge on any atom is -0.358 e. The Morgan fingerprint density at radius 2 is 0.941 bits per heavy atom. The van der Waals surface area contributed by atoms with E-state index in [2.05, 4.69) is 0 Å². The van der Waals surface area contributed by atoms with Crippen molar-refractivity contribution in [3.63, 3.8) is 0 Å². The molecule has 0 aromatic rings. The molecule has 2 fully saturated rings. The van der Waals surface area contributed by atoms with Crippen LogP contribution < -0.4 is 0 Å². The topological polar surface area (TPSA) is 0 Å². The molecule has 0 heterocycles. The zero-order chi connectivity index (χ0) is 8.93. The minimum atomic E-state index is 0. The van der Waals surface area contributed by atoms with Crippen LogP contribution in [0.3, 0.4) is 0 Å². The monoisotopic (exact) mass is 312 g/mol. The Morgan fingerprint density at radius 1 is 0.647 bits per heavy atom. The molecule has 0 unspecified atom stereocenters. The zero-order valence-corrected chi connectivity index (χ0v) is 14.9. The number of hydrogen-bond acceptors (Lipinski definition) is 0. The van der Waals surface area contributed by atoms with Crippen molar-refractivity contribution in [1.82, 2.24) is 0 Å². The second kappa shape index (κ2) is 13.6. The van der Waals surface area contributed by atoms with E-state index in [1.807, 2.05) is 0 Å². The van der Waals surface area contributed by atoms with Gasteiger partial charge in [-0.2, -0.15) is 0 Å². The average Bonchev–Trinajstić information content (AvgIpc) is 2.21. The first-order valence-corrected chi connectivity index (χ1v) is 6.45. The summed E-state index contributed by atoms with van der Waals surface area (Å²) in [6, 6.07) is 0. The molecule has 0 atom stereocenters. The summed E-state index contributed by atoms with van der Waals surface area (Å²) in [5.41, 5.74) is 0. The maximum absolute atomic E-state index is 1.58. The van der Waals surface area contributed by atoms with Gasteiger partial charge in [-0.1, -0.05) is 64.2 Å². The van der Waals surface area contributed by atoms with Crippen LogP contribution in [-0.4, -0.2) is 8.41 Å². The molecule has 0 nitrogen and oxygen atoms in total. The third-order valence-corrected chi connectivity index (χ3v) is 4.12. The first kappa shape index (κ1) is 23.3. The molecule has 2 rings (SSSR count). The third kappa shape index (κ3) is 8.82. The largest absolute Gasteiger partial charge is 0.358 e. The van der Waals surface area contributed by atoms with E-state index >= 15 is 0 Å². The molecule has 0 amide bonds. The van der Waals surface area contributed by atoms with Crippen LogP contribution in [0.15, 0.2) is 0 Å². The Hall–Kier alpha value is 1.17. The second-order valence-electron chi connectivity index (χ2n) is 5.24. The van der Waals surface area contributed by atoms with Crippen LogP contribution in [0.4, 0.5) is 0 Å². The molecule has 4 radical (unpaired) electrons. The van der Waals surface area contributed by atoms with Gasteiger partial charge in [0.05, 0.1) is 0 Å². The number of hydrogen-bond donors (Lipinski definition) is 0. The van der Waals surface area contributed by atoms with Crippen molar-refractivity contribution in [2.75, 3.05) is 0 Å². The fraction of sp³-hybridized carbons (Fsp3) is 0.867. The summed E-state index contributed by atoms with van der Waals surface area (Å²) in [5.74, 6) is 2.24. The summed E-state index contributed by atoms with van der Waals surface area (Å²) in [6.45, 7) is 0. The summed E-state index contributed by atoms with van der Waals surface area (Å²) in [5, 5.41) is 0. The van der Waals surface area contributed by atoms with Crippen LogP contribution in [-0.2, 0) is 32.7 Å². The fourth-order valence-electron chi connectivity index (χ4n) is 3.32. The van der Waals surface area contributed by atoms with Gasteiger partial charge in [-0.05, 0) is 18.3 Å². The van der Waals surface area contributed by atoms with Crippen LogP contribution in [0.25, 0.3) is 0 Å². The Labute approximate surface area is 139 Å². The van der Waals surface area contributed by atoms with Gasteiger partial charge < -0.3 is 14.9 Å². The fourth-order valence-corrected chi connectivity index (χ4v) is 3.32. The molecule has 0 N–H and O–H groups in total. The van der Waals surface area contributed by atoms with Crippen LogP contribution >= 0.6 is 0 Å². The van der Waals surface area contributed by atoms with Crippen molar-refractivity contribution in [3.05, 3.63) is 14.9 Å². The molecule has 17 heavy (non-hydrogen) atoms. The first-order chi connectivity index (χ1) is 6.45. The summed E-state index contributed by atoms with van der Waals surface area (Å²) in [7, 11) is 0. The summed E-state index contributed by atoms with van der Waals surface area (Å²) in [4.78, 5) is 0. The van der Waals surface area contributed by atoms with Crippen LogP contribution in [0.1, 0.15) is 72.1 Å². The molecule has 2 aliphatic rings. The maximum Gasteiger partial charge on any atom is 0 e. The molecule has 2 saturated carbocycles. The molecule has 0 aromatic heterocycles. The average molecular weight is 312 g/mol. The third-order valence-electron chi connectivity index (χ3n) is 4.12. The maximum atomic E-state index is 1.58. The van der Waals surface area contributed by atoms with Crippen molar-refractivity contribution in [2.24, 2.45) is 11.8 Å². The van der Waals surface area contributed by atoms with Crippen LogP contribution in [0.2, 0.25) is 0 Å². The smallest absolute Gasteiger partial charge is 0 e. The van der Waals surface area contributed by atoms with Crippen LogP contribution in [0, 0.1) is 26.7 Å². The molecule has 100 valence electrons. The van der Waals surface area contributed by atoms with Gasteiger partial charge in [0, 0.05) is 42.5 Å². The Bertz CT molecular complexity index is 127. The van der Waals surface area contributed by atoms with Gasteiger partial charge in [0.1, 0.15) is 0 Å². The molecule has 2 heteroatoms. The van der Waals surface area contributed by atoms with E-state index in [1.165, 1.54) is 38.5 Å². The second-order valence-corrected chi connectivity index (χ2v) is 5.24. The summed E-state index contributed by atoms with van der Waals surface area (Å²) in [6.07, 6.45) is 16.9. The van der Waals surface area contributed by atoms with E-state index in [-0.39, 0.29) is 57.4 Å². The Kier molecular flexibility index (Phi) is 18.6. The Balaban J connectivity index is -0.000000196. The van der Waals surface area contributed by atoms with E-state index in [1.54, 1.807) is 32.1 Å². The van der Waals surface area contributed by atoms with Gasteiger partial charge in [0.25, 0.3) is 0 Å². The normalized spacial score (nSPS) is 21.2. The van der Waals surface area contributed by atoms with Crippen molar-refractivity contribution >= 4 is 8.41 Å². The molecule has 0 saturated heterocycles. The van der Waals surface area contributed by atoms with Gasteiger partial charge >= 0.3 is 0 Å². The molecule has 0 bridgehead atoms. The van der Waals surface area contributed by atoms with Crippen molar-refractivity contribution in [1.29, 1.82) is 0 Å². The van der Waals surface area contributed by atoms with E-state index in [0.29, 0.717) is 0 Å². The first-order valence-electron chi connectivity index (χ1n) is 6.45. The van der Waals surface area contributed by atoms with E-state index < -0.39 is 0 Å². The van der Waals surface area contributed by atoms with Crippen molar-refractivity contribution < 1.29 is 34.1 Å². The predicted molar refractivity (Wildman–Crippen MR) is 78.5 cm³/mol. The zero-order valence-electron chi connectivity index (χ0n) is 12.1. The molecule has 0 spiro atoms. The molecule has 0 aliphatic heterocycles. The number of rotatable bonds is 2. The molecular formula is C15H32BY-2. The minimum absolute atomic E-state index is 0. The molecule has 2 aliphatic carbocycles. The van der Waals surface area contributed by atoms with Gasteiger partial charge in [0.15, 0.2) is 0 Å².